The fourth-order valence-electron chi connectivity index (χ4n) is 2.07. The SMILES string of the molecule is COc1cc2c(cc1OC)C(C(=O)CN)C2. The van der Waals surface area contributed by atoms with Crippen LogP contribution in [0.4, 0.5) is 0 Å². The highest BCUT2D eigenvalue weighted by Crippen LogP contribution is 2.42. The van der Waals surface area contributed by atoms with Crippen molar-refractivity contribution in [2.45, 2.75) is 12.3 Å². The molecule has 86 valence electrons. The number of ether oxygens (including phenoxy) is 2. The summed E-state index contributed by atoms with van der Waals surface area (Å²) in [6, 6.07) is 3.80. The number of nitrogens with two attached hydrogens (primary N) is 1. The number of ketones is 1. The van der Waals surface area contributed by atoms with E-state index in [1.165, 1.54) is 0 Å². The van der Waals surface area contributed by atoms with Crippen molar-refractivity contribution in [2.24, 2.45) is 5.73 Å². The lowest BCUT2D eigenvalue weighted by molar-refractivity contribution is -0.119. The highest BCUT2D eigenvalue weighted by atomic mass is 16.5. The summed E-state index contributed by atoms with van der Waals surface area (Å²) < 4.78 is 10.4. The van der Waals surface area contributed by atoms with Gasteiger partial charge in [-0.15, -0.1) is 0 Å². The lowest BCUT2D eigenvalue weighted by Gasteiger charge is -2.29. The number of hydrogen-bond acceptors (Lipinski definition) is 4. The molecule has 0 fully saturated rings. The third-order valence-corrected chi connectivity index (χ3v) is 3.03. The Morgan fingerprint density at radius 1 is 1.38 bits per heavy atom. The summed E-state index contributed by atoms with van der Waals surface area (Å²) in [5.41, 5.74) is 7.53. The van der Waals surface area contributed by atoms with Gasteiger partial charge >= 0.3 is 0 Å². The molecule has 0 aliphatic heterocycles. The van der Waals surface area contributed by atoms with Gasteiger partial charge in [0.25, 0.3) is 0 Å². The first-order chi connectivity index (χ1) is 7.71. The number of benzene rings is 1. The minimum Gasteiger partial charge on any atom is -0.493 e. The molecule has 0 saturated heterocycles. The number of rotatable bonds is 4. The Hall–Kier alpha value is -1.55. The van der Waals surface area contributed by atoms with Gasteiger partial charge in [0.15, 0.2) is 17.3 Å². The molecular formula is C12H15NO3. The number of methoxy groups -OCH3 is 2. The standard InChI is InChI=1S/C12H15NO3/c1-15-11-4-7-3-9(10(14)6-13)8(7)5-12(11)16-2/h4-5,9H,3,6,13H2,1-2H3. The molecular weight excluding hydrogens is 206 g/mol. The van der Waals surface area contributed by atoms with Crippen LogP contribution in [0.3, 0.4) is 0 Å². The van der Waals surface area contributed by atoms with Gasteiger partial charge in [-0.2, -0.15) is 0 Å². The van der Waals surface area contributed by atoms with E-state index in [0.29, 0.717) is 11.5 Å². The maximum Gasteiger partial charge on any atom is 0.161 e. The summed E-state index contributed by atoms with van der Waals surface area (Å²) in [6.07, 6.45) is 0.756. The molecule has 0 aromatic heterocycles. The van der Waals surface area contributed by atoms with E-state index in [-0.39, 0.29) is 18.2 Å². The quantitative estimate of drug-likeness (QED) is 0.819. The predicted molar refractivity (Wildman–Crippen MR) is 60.1 cm³/mol. The normalized spacial score (nSPS) is 17.3. The maximum absolute atomic E-state index is 11.5. The van der Waals surface area contributed by atoms with Crippen LogP contribution in [0.25, 0.3) is 0 Å². The average Bonchev–Trinajstić information content (AvgIpc) is 2.30. The molecule has 2 rings (SSSR count). The fourth-order valence-corrected chi connectivity index (χ4v) is 2.07. The lowest BCUT2D eigenvalue weighted by atomic mass is 9.75. The van der Waals surface area contributed by atoms with Crippen LogP contribution in [0.15, 0.2) is 12.1 Å². The number of Topliss-reactive ketones (excluding diaryl/α,β-unsaturated/α-hetero) is 1. The minimum absolute atomic E-state index is 0.0557. The second-order valence-corrected chi connectivity index (χ2v) is 3.83. The highest BCUT2D eigenvalue weighted by molar-refractivity contribution is 5.90. The zero-order valence-electron chi connectivity index (χ0n) is 9.45. The first-order valence-electron chi connectivity index (χ1n) is 5.18. The van der Waals surface area contributed by atoms with Gasteiger partial charge in [-0.3, -0.25) is 4.79 Å². The number of fused-ring (bicyclic) bond motifs is 1. The van der Waals surface area contributed by atoms with Gasteiger partial charge in [-0.05, 0) is 29.7 Å². The summed E-state index contributed by atoms with van der Waals surface area (Å²) in [6.45, 7) is 0.0957. The van der Waals surface area contributed by atoms with Gasteiger partial charge in [0.2, 0.25) is 0 Å². The van der Waals surface area contributed by atoms with Crippen molar-refractivity contribution in [3.8, 4) is 11.5 Å². The Labute approximate surface area is 94.3 Å². The molecule has 0 radical (unpaired) electrons. The van der Waals surface area contributed by atoms with Gasteiger partial charge in [-0.1, -0.05) is 0 Å². The Bertz CT molecular complexity index is 429. The van der Waals surface area contributed by atoms with Crippen molar-refractivity contribution >= 4 is 5.78 Å². The first-order valence-corrected chi connectivity index (χ1v) is 5.18. The van der Waals surface area contributed by atoms with E-state index in [1.54, 1.807) is 14.2 Å². The van der Waals surface area contributed by atoms with Crippen LogP contribution in [0.5, 0.6) is 11.5 Å². The van der Waals surface area contributed by atoms with Crippen molar-refractivity contribution in [1.29, 1.82) is 0 Å². The van der Waals surface area contributed by atoms with Crippen LogP contribution in [-0.2, 0) is 11.2 Å². The van der Waals surface area contributed by atoms with E-state index in [2.05, 4.69) is 0 Å². The Balaban J connectivity index is 2.34. The Morgan fingerprint density at radius 3 is 2.56 bits per heavy atom. The average molecular weight is 221 g/mol. The van der Waals surface area contributed by atoms with Crippen molar-refractivity contribution in [3.05, 3.63) is 23.3 Å². The van der Waals surface area contributed by atoms with Gasteiger partial charge < -0.3 is 15.2 Å². The van der Waals surface area contributed by atoms with Crippen LogP contribution in [0.1, 0.15) is 17.0 Å². The molecule has 2 N–H and O–H groups in total. The van der Waals surface area contributed by atoms with Gasteiger partial charge in [0, 0.05) is 5.92 Å². The van der Waals surface area contributed by atoms with Crippen LogP contribution in [0, 0.1) is 0 Å². The number of hydrogen-bond donors (Lipinski definition) is 1. The highest BCUT2D eigenvalue weighted by Gasteiger charge is 2.32. The predicted octanol–water partition coefficient (Wildman–Crippen LogP) is 0.871. The largest absolute Gasteiger partial charge is 0.493 e. The van der Waals surface area contributed by atoms with E-state index < -0.39 is 0 Å². The summed E-state index contributed by atoms with van der Waals surface area (Å²) in [7, 11) is 3.19. The molecule has 0 bridgehead atoms. The van der Waals surface area contributed by atoms with Crippen molar-refractivity contribution in [3.63, 3.8) is 0 Å². The minimum atomic E-state index is -0.0557. The summed E-state index contributed by atoms with van der Waals surface area (Å²) in [5.74, 6) is 1.40. The smallest absolute Gasteiger partial charge is 0.161 e. The fraction of sp³-hybridized carbons (Fsp3) is 0.417. The van der Waals surface area contributed by atoms with Gasteiger partial charge in [-0.25, -0.2) is 0 Å². The van der Waals surface area contributed by atoms with Crippen LogP contribution in [-0.4, -0.2) is 26.5 Å². The number of carbonyl (C=O) groups is 1. The monoisotopic (exact) mass is 221 g/mol. The Morgan fingerprint density at radius 2 is 2.00 bits per heavy atom. The molecule has 0 heterocycles. The molecule has 4 nitrogen and oxygen atoms in total. The molecule has 16 heavy (non-hydrogen) atoms. The van der Waals surface area contributed by atoms with Crippen LogP contribution < -0.4 is 15.2 Å². The van der Waals surface area contributed by atoms with Crippen LogP contribution in [0.2, 0.25) is 0 Å². The van der Waals surface area contributed by atoms with E-state index in [9.17, 15) is 4.79 Å². The van der Waals surface area contributed by atoms with E-state index >= 15 is 0 Å². The summed E-state index contributed by atoms with van der Waals surface area (Å²) >= 11 is 0. The maximum atomic E-state index is 11.5. The molecule has 1 unspecified atom stereocenters. The second-order valence-electron chi connectivity index (χ2n) is 3.83. The molecule has 1 aliphatic rings. The summed E-state index contributed by atoms with van der Waals surface area (Å²) in [4.78, 5) is 11.5. The zero-order chi connectivity index (χ0) is 11.7. The molecule has 1 aromatic rings. The third-order valence-electron chi connectivity index (χ3n) is 3.03. The third kappa shape index (κ3) is 1.55. The van der Waals surface area contributed by atoms with Crippen molar-refractivity contribution in [1.82, 2.24) is 0 Å². The lowest BCUT2D eigenvalue weighted by Crippen LogP contribution is -2.30. The van der Waals surface area contributed by atoms with Gasteiger partial charge in [0.1, 0.15) is 0 Å². The number of carbonyl (C=O) groups excluding carboxylic acids is 1. The van der Waals surface area contributed by atoms with E-state index in [1.807, 2.05) is 12.1 Å². The topological polar surface area (TPSA) is 61.5 Å². The molecule has 0 amide bonds. The molecule has 4 heteroatoms. The molecule has 1 aromatic carbocycles. The molecule has 1 aliphatic carbocycles. The van der Waals surface area contributed by atoms with Crippen LogP contribution >= 0.6 is 0 Å². The molecule has 0 saturated carbocycles. The first kappa shape index (κ1) is 11.0. The van der Waals surface area contributed by atoms with Crippen molar-refractivity contribution in [2.75, 3.05) is 20.8 Å². The zero-order valence-corrected chi connectivity index (χ0v) is 9.45. The molecule has 1 atom stereocenters. The van der Waals surface area contributed by atoms with E-state index in [0.717, 1.165) is 17.5 Å². The second kappa shape index (κ2) is 4.14. The van der Waals surface area contributed by atoms with E-state index in [4.69, 9.17) is 15.2 Å². The molecule has 0 spiro atoms. The summed E-state index contributed by atoms with van der Waals surface area (Å²) in [5, 5.41) is 0. The van der Waals surface area contributed by atoms with Crippen molar-refractivity contribution < 1.29 is 14.3 Å². The van der Waals surface area contributed by atoms with Gasteiger partial charge in [0.05, 0.1) is 20.8 Å². The Kier molecular flexibility index (Phi) is 2.83.